The van der Waals surface area contributed by atoms with Gasteiger partial charge in [0.25, 0.3) is 0 Å². The first-order valence-electron chi connectivity index (χ1n) is 9.10. The molecule has 0 amide bonds. The zero-order valence-corrected chi connectivity index (χ0v) is 15.6. The third kappa shape index (κ3) is 4.86. The number of carbonyl (C=O) groups is 1. The van der Waals surface area contributed by atoms with E-state index in [4.69, 9.17) is 9.84 Å². The molecular weight excluding hydrogens is 340 g/mol. The van der Waals surface area contributed by atoms with Gasteiger partial charge in [-0.3, -0.25) is 0 Å². The highest BCUT2D eigenvalue weighted by Gasteiger charge is 2.23. The zero-order valence-electron chi connectivity index (χ0n) is 15.6. The summed E-state index contributed by atoms with van der Waals surface area (Å²) in [4.78, 5) is 10.7. The van der Waals surface area contributed by atoms with Crippen molar-refractivity contribution in [2.24, 2.45) is 0 Å². The first-order valence-corrected chi connectivity index (χ1v) is 9.10. The lowest BCUT2D eigenvalue weighted by Crippen LogP contribution is -2.25. The Labute approximate surface area is 159 Å². The van der Waals surface area contributed by atoms with E-state index in [1.807, 2.05) is 36.4 Å². The van der Waals surface area contributed by atoms with Gasteiger partial charge in [0.15, 0.2) is 0 Å². The third-order valence-corrected chi connectivity index (χ3v) is 4.66. The van der Waals surface area contributed by atoms with Gasteiger partial charge < -0.3 is 14.9 Å². The van der Waals surface area contributed by atoms with Crippen molar-refractivity contribution in [3.8, 4) is 5.75 Å². The Morgan fingerprint density at radius 2 is 1.48 bits per heavy atom. The second kappa shape index (κ2) is 8.23. The van der Waals surface area contributed by atoms with E-state index in [0.29, 0.717) is 0 Å². The summed E-state index contributed by atoms with van der Waals surface area (Å²) in [5.74, 6) is -0.720. The summed E-state index contributed by atoms with van der Waals surface area (Å²) in [7, 11) is 0. The number of phenols is 1. The number of hydrogen-bond donors (Lipinski definition) is 2. The summed E-state index contributed by atoms with van der Waals surface area (Å²) in [5, 5.41) is 18.4. The number of carboxylic acid groups (broad SMARTS) is 1. The Bertz CT molecular complexity index is 848. The number of rotatable bonds is 4. The van der Waals surface area contributed by atoms with Gasteiger partial charge in [-0.05, 0) is 67.2 Å². The van der Waals surface area contributed by atoms with E-state index in [1.54, 1.807) is 18.2 Å². The first kappa shape index (κ1) is 18.9. The van der Waals surface area contributed by atoms with Crippen LogP contribution in [0.3, 0.4) is 0 Å². The SMILES string of the molecule is CC1CC(=C(c2ccc(O)cc2)c2ccc(/C=C/C(=O)O)cc2)CC(C)O1. The molecule has 2 unspecified atom stereocenters. The number of benzene rings is 2. The Kier molecular flexibility index (Phi) is 5.77. The molecule has 1 aliphatic rings. The monoisotopic (exact) mass is 364 g/mol. The quantitative estimate of drug-likeness (QED) is 0.759. The van der Waals surface area contributed by atoms with Crippen LogP contribution in [0, 0.1) is 0 Å². The number of aromatic hydroxyl groups is 1. The summed E-state index contributed by atoms with van der Waals surface area (Å²) in [6.45, 7) is 4.17. The number of carboxylic acids is 1. The summed E-state index contributed by atoms with van der Waals surface area (Å²) in [6, 6.07) is 15.1. The zero-order chi connectivity index (χ0) is 19.4. The highest BCUT2D eigenvalue weighted by molar-refractivity contribution is 5.86. The van der Waals surface area contributed by atoms with Crippen molar-refractivity contribution >= 4 is 17.6 Å². The van der Waals surface area contributed by atoms with Crippen molar-refractivity contribution < 1.29 is 19.7 Å². The van der Waals surface area contributed by atoms with Gasteiger partial charge in [-0.25, -0.2) is 4.79 Å². The Morgan fingerprint density at radius 3 is 2.00 bits per heavy atom. The van der Waals surface area contributed by atoms with Crippen LogP contribution < -0.4 is 0 Å². The van der Waals surface area contributed by atoms with E-state index < -0.39 is 5.97 Å². The summed E-state index contributed by atoms with van der Waals surface area (Å²) >= 11 is 0. The van der Waals surface area contributed by atoms with E-state index in [9.17, 15) is 9.90 Å². The van der Waals surface area contributed by atoms with Crippen molar-refractivity contribution in [1.82, 2.24) is 0 Å². The maximum absolute atomic E-state index is 10.7. The molecule has 140 valence electrons. The van der Waals surface area contributed by atoms with Crippen LogP contribution in [0.2, 0.25) is 0 Å². The maximum atomic E-state index is 10.7. The lowest BCUT2D eigenvalue weighted by molar-refractivity contribution is -0.131. The van der Waals surface area contributed by atoms with Crippen LogP contribution in [0.4, 0.5) is 0 Å². The molecule has 1 fully saturated rings. The van der Waals surface area contributed by atoms with Crippen LogP contribution in [0.1, 0.15) is 43.4 Å². The summed E-state index contributed by atoms with van der Waals surface area (Å²) in [6.07, 6.45) is 4.76. The largest absolute Gasteiger partial charge is 0.508 e. The van der Waals surface area contributed by atoms with Gasteiger partial charge in [0.05, 0.1) is 12.2 Å². The number of hydrogen-bond acceptors (Lipinski definition) is 3. The minimum atomic E-state index is -0.962. The molecule has 0 saturated carbocycles. The van der Waals surface area contributed by atoms with Crippen LogP contribution in [0.5, 0.6) is 5.75 Å². The molecule has 27 heavy (non-hydrogen) atoms. The fourth-order valence-electron chi connectivity index (χ4n) is 3.61. The first-order chi connectivity index (χ1) is 12.9. The van der Waals surface area contributed by atoms with Gasteiger partial charge >= 0.3 is 5.97 Å². The van der Waals surface area contributed by atoms with Gasteiger partial charge in [0.1, 0.15) is 5.75 Å². The molecule has 0 bridgehead atoms. The lowest BCUT2D eigenvalue weighted by Gasteiger charge is -2.30. The molecule has 0 aromatic heterocycles. The van der Waals surface area contributed by atoms with Crippen LogP contribution in [-0.2, 0) is 9.53 Å². The molecule has 4 heteroatoms. The molecule has 1 heterocycles. The van der Waals surface area contributed by atoms with E-state index in [-0.39, 0.29) is 18.0 Å². The number of phenolic OH excluding ortho intramolecular Hbond substituents is 1. The third-order valence-electron chi connectivity index (χ3n) is 4.66. The van der Waals surface area contributed by atoms with Crippen LogP contribution in [-0.4, -0.2) is 28.4 Å². The second-order valence-electron chi connectivity index (χ2n) is 6.98. The van der Waals surface area contributed by atoms with Gasteiger partial charge in [-0.1, -0.05) is 42.0 Å². The Balaban J connectivity index is 2.04. The van der Waals surface area contributed by atoms with E-state index in [0.717, 1.165) is 41.2 Å². The minimum Gasteiger partial charge on any atom is -0.508 e. The molecule has 0 aliphatic carbocycles. The average Bonchev–Trinajstić information content (AvgIpc) is 2.62. The highest BCUT2D eigenvalue weighted by atomic mass is 16.5. The van der Waals surface area contributed by atoms with Crippen molar-refractivity contribution in [3.05, 3.63) is 76.9 Å². The number of aliphatic carboxylic acids is 1. The molecule has 0 spiro atoms. The molecule has 0 radical (unpaired) electrons. The molecule has 2 aromatic rings. The van der Waals surface area contributed by atoms with Gasteiger partial charge in [-0.15, -0.1) is 0 Å². The Morgan fingerprint density at radius 1 is 0.963 bits per heavy atom. The van der Waals surface area contributed by atoms with E-state index >= 15 is 0 Å². The van der Waals surface area contributed by atoms with Crippen LogP contribution in [0.15, 0.2) is 60.2 Å². The Hall–Kier alpha value is -2.85. The molecule has 1 aliphatic heterocycles. The van der Waals surface area contributed by atoms with Gasteiger partial charge in [0, 0.05) is 6.08 Å². The average molecular weight is 364 g/mol. The van der Waals surface area contributed by atoms with Crippen molar-refractivity contribution in [2.75, 3.05) is 0 Å². The molecular formula is C23H24O4. The summed E-state index contributed by atoms with van der Waals surface area (Å²) < 4.78 is 5.89. The van der Waals surface area contributed by atoms with Gasteiger partial charge in [0.2, 0.25) is 0 Å². The standard InChI is InChI=1S/C23H24O4/c1-15-13-20(14-16(2)27-15)23(19-8-10-21(24)11-9-19)18-6-3-17(4-7-18)5-12-22(25)26/h3-12,15-16,24H,13-14H2,1-2H3,(H,25,26)/b12-5+,23-20?. The molecule has 2 aromatic carbocycles. The van der Waals surface area contributed by atoms with Crippen LogP contribution >= 0.6 is 0 Å². The molecule has 3 rings (SSSR count). The van der Waals surface area contributed by atoms with Crippen LogP contribution in [0.25, 0.3) is 11.6 Å². The van der Waals surface area contributed by atoms with Gasteiger partial charge in [-0.2, -0.15) is 0 Å². The number of ether oxygens (including phenoxy) is 1. The van der Waals surface area contributed by atoms with Crippen molar-refractivity contribution in [1.29, 1.82) is 0 Å². The fraction of sp³-hybridized carbons (Fsp3) is 0.261. The molecule has 2 atom stereocenters. The fourth-order valence-corrected chi connectivity index (χ4v) is 3.61. The predicted molar refractivity (Wildman–Crippen MR) is 106 cm³/mol. The normalized spacial score (nSPS) is 20.0. The summed E-state index contributed by atoms with van der Waals surface area (Å²) in [5.41, 5.74) is 5.46. The lowest BCUT2D eigenvalue weighted by atomic mass is 9.86. The maximum Gasteiger partial charge on any atom is 0.328 e. The van der Waals surface area contributed by atoms with Crippen molar-refractivity contribution in [3.63, 3.8) is 0 Å². The highest BCUT2D eigenvalue weighted by Crippen LogP contribution is 2.36. The molecule has 2 N–H and O–H groups in total. The topological polar surface area (TPSA) is 66.8 Å². The predicted octanol–water partition coefficient (Wildman–Crippen LogP) is 4.88. The minimum absolute atomic E-state index is 0.161. The smallest absolute Gasteiger partial charge is 0.328 e. The van der Waals surface area contributed by atoms with E-state index in [1.165, 1.54) is 5.57 Å². The van der Waals surface area contributed by atoms with E-state index in [2.05, 4.69) is 13.8 Å². The molecule has 1 saturated heterocycles. The van der Waals surface area contributed by atoms with Crippen molar-refractivity contribution in [2.45, 2.75) is 38.9 Å². The molecule has 4 nitrogen and oxygen atoms in total. The second-order valence-corrected chi connectivity index (χ2v) is 6.98.